The lowest BCUT2D eigenvalue weighted by atomic mass is 9.91. The van der Waals surface area contributed by atoms with Crippen molar-refractivity contribution in [2.45, 2.75) is 51.3 Å². The maximum absolute atomic E-state index is 4.84. The van der Waals surface area contributed by atoms with Gasteiger partial charge in [0.2, 0.25) is 0 Å². The molecule has 0 atom stereocenters. The molecule has 17 heavy (non-hydrogen) atoms. The minimum Gasteiger partial charge on any atom is -0.297 e. The first-order valence-electron chi connectivity index (χ1n) is 6.33. The van der Waals surface area contributed by atoms with E-state index in [9.17, 15) is 0 Å². The van der Waals surface area contributed by atoms with E-state index in [0.29, 0.717) is 0 Å². The third-order valence-electron chi connectivity index (χ3n) is 3.15. The van der Waals surface area contributed by atoms with E-state index in [4.69, 9.17) is 4.98 Å². The van der Waals surface area contributed by atoms with Crippen LogP contribution in [0.5, 0.6) is 0 Å². The summed E-state index contributed by atoms with van der Waals surface area (Å²) >= 11 is 6.27. The van der Waals surface area contributed by atoms with Crippen molar-refractivity contribution in [2.75, 3.05) is 13.1 Å². The summed E-state index contributed by atoms with van der Waals surface area (Å²) in [7, 11) is 0. The third kappa shape index (κ3) is 3.24. The van der Waals surface area contributed by atoms with Gasteiger partial charge in [-0.05, 0) is 25.9 Å². The Labute approximate surface area is 114 Å². The Kier molecular flexibility index (Phi) is 4.16. The van der Waals surface area contributed by atoms with Gasteiger partial charge < -0.3 is 0 Å². The van der Waals surface area contributed by atoms with Crippen LogP contribution in [0.25, 0.3) is 0 Å². The summed E-state index contributed by atoms with van der Waals surface area (Å²) in [6.07, 6.45) is 2.69. The van der Waals surface area contributed by atoms with Gasteiger partial charge in [-0.1, -0.05) is 20.8 Å². The topological polar surface area (TPSA) is 16.1 Å². The number of rotatable bonds is 3. The van der Waals surface area contributed by atoms with Crippen LogP contribution in [0, 0.1) is 0 Å². The molecular weight excluding hydrogens is 248 g/mol. The van der Waals surface area contributed by atoms with Gasteiger partial charge in [0.25, 0.3) is 0 Å². The van der Waals surface area contributed by atoms with Crippen molar-refractivity contribution in [2.24, 2.45) is 0 Å². The van der Waals surface area contributed by atoms with Crippen molar-refractivity contribution in [3.63, 3.8) is 0 Å². The van der Waals surface area contributed by atoms with Gasteiger partial charge in [-0.2, -0.15) is 12.6 Å². The highest BCUT2D eigenvalue weighted by Gasteiger charge is 2.23. The van der Waals surface area contributed by atoms with Gasteiger partial charge in [0.05, 0.1) is 12.2 Å². The Morgan fingerprint density at radius 2 is 1.94 bits per heavy atom. The second kappa shape index (κ2) is 5.29. The number of hydrogen-bond acceptors (Lipinski definition) is 4. The van der Waals surface area contributed by atoms with Crippen LogP contribution in [0.3, 0.4) is 0 Å². The van der Waals surface area contributed by atoms with E-state index in [0.717, 1.165) is 12.3 Å². The Bertz CT molecular complexity index is 373. The molecule has 0 radical (unpaired) electrons. The molecule has 1 aromatic heterocycles. The molecule has 1 fully saturated rings. The highest BCUT2D eigenvalue weighted by Crippen LogP contribution is 2.31. The zero-order chi connectivity index (χ0) is 12.5. The Morgan fingerprint density at radius 1 is 1.29 bits per heavy atom. The molecule has 96 valence electrons. The SMILES string of the molecule is CC(C)(C)c1nc(CN2CCCC2)sc1CS. The maximum atomic E-state index is 4.84. The van der Waals surface area contributed by atoms with Gasteiger partial charge in [0.1, 0.15) is 5.01 Å². The van der Waals surface area contributed by atoms with Crippen LogP contribution in [0.15, 0.2) is 0 Å². The average molecular weight is 270 g/mol. The lowest BCUT2D eigenvalue weighted by Crippen LogP contribution is -2.19. The van der Waals surface area contributed by atoms with Crippen molar-refractivity contribution in [1.82, 2.24) is 9.88 Å². The van der Waals surface area contributed by atoms with Crippen LogP contribution in [-0.2, 0) is 17.7 Å². The van der Waals surface area contributed by atoms with Gasteiger partial charge in [0, 0.05) is 16.0 Å². The molecule has 0 unspecified atom stereocenters. The minimum atomic E-state index is 0.137. The average Bonchev–Trinajstić information content (AvgIpc) is 2.86. The highest BCUT2D eigenvalue weighted by atomic mass is 32.1. The Hall–Kier alpha value is -0.0600. The molecular formula is C13H22N2S2. The standard InChI is InChI=1S/C13H22N2S2/c1-13(2,3)12-10(9-16)17-11(14-12)8-15-6-4-5-7-15/h16H,4-9H2,1-3H3. The van der Waals surface area contributed by atoms with Crippen LogP contribution in [0.4, 0.5) is 0 Å². The third-order valence-corrected chi connectivity index (χ3v) is 4.72. The zero-order valence-corrected chi connectivity index (χ0v) is 12.7. The molecule has 1 aliphatic heterocycles. The van der Waals surface area contributed by atoms with E-state index in [1.165, 1.54) is 41.5 Å². The number of hydrogen-bond donors (Lipinski definition) is 1. The molecule has 4 heteroatoms. The van der Waals surface area contributed by atoms with E-state index in [1.54, 1.807) is 0 Å². The predicted molar refractivity (Wildman–Crippen MR) is 78.0 cm³/mol. The van der Waals surface area contributed by atoms with Gasteiger partial charge in [-0.15, -0.1) is 11.3 Å². The fourth-order valence-electron chi connectivity index (χ4n) is 2.29. The van der Waals surface area contributed by atoms with Crippen LogP contribution in [0.1, 0.15) is 49.2 Å². The molecule has 2 heterocycles. The predicted octanol–water partition coefficient (Wildman–Crippen LogP) is 3.47. The van der Waals surface area contributed by atoms with E-state index in [-0.39, 0.29) is 5.41 Å². The van der Waals surface area contributed by atoms with Crippen molar-refractivity contribution in [3.05, 3.63) is 15.6 Å². The summed E-state index contributed by atoms with van der Waals surface area (Å²) < 4.78 is 0. The number of thiazole rings is 1. The second-order valence-corrected chi connectivity index (χ2v) is 7.26. The molecule has 0 aromatic carbocycles. The van der Waals surface area contributed by atoms with Crippen molar-refractivity contribution < 1.29 is 0 Å². The van der Waals surface area contributed by atoms with Gasteiger partial charge >= 0.3 is 0 Å². The number of aromatic nitrogens is 1. The molecule has 0 aliphatic carbocycles. The molecule has 2 nitrogen and oxygen atoms in total. The first-order chi connectivity index (χ1) is 8.00. The molecule has 1 saturated heterocycles. The highest BCUT2D eigenvalue weighted by molar-refractivity contribution is 7.79. The first-order valence-corrected chi connectivity index (χ1v) is 7.78. The molecule has 0 saturated carbocycles. The molecule has 0 amide bonds. The smallest absolute Gasteiger partial charge is 0.107 e. The molecule has 1 aliphatic rings. The summed E-state index contributed by atoms with van der Waals surface area (Å²) in [5.74, 6) is 0.810. The summed E-state index contributed by atoms with van der Waals surface area (Å²) in [5.41, 5.74) is 1.38. The monoisotopic (exact) mass is 270 g/mol. The number of thiol groups is 1. The van der Waals surface area contributed by atoms with Crippen molar-refractivity contribution >= 4 is 24.0 Å². The number of likely N-dealkylation sites (tertiary alicyclic amines) is 1. The lowest BCUT2D eigenvalue weighted by Gasteiger charge is -2.17. The number of nitrogens with zero attached hydrogens (tertiary/aromatic N) is 2. The Morgan fingerprint density at radius 3 is 2.41 bits per heavy atom. The first kappa shape index (κ1) is 13.4. The fraction of sp³-hybridized carbons (Fsp3) is 0.769. The Balaban J connectivity index is 2.15. The molecule has 0 N–H and O–H groups in total. The fourth-order valence-corrected chi connectivity index (χ4v) is 3.82. The second-order valence-electron chi connectivity index (χ2n) is 5.77. The van der Waals surface area contributed by atoms with Crippen molar-refractivity contribution in [1.29, 1.82) is 0 Å². The molecule has 1 aromatic rings. The van der Waals surface area contributed by atoms with E-state index in [2.05, 4.69) is 38.3 Å². The van der Waals surface area contributed by atoms with E-state index < -0.39 is 0 Å². The lowest BCUT2D eigenvalue weighted by molar-refractivity contribution is 0.330. The van der Waals surface area contributed by atoms with Crippen LogP contribution in [-0.4, -0.2) is 23.0 Å². The van der Waals surface area contributed by atoms with E-state index in [1.807, 2.05) is 11.3 Å². The summed E-state index contributed by atoms with van der Waals surface area (Å²) in [6, 6.07) is 0. The van der Waals surface area contributed by atoms with Crippen LogP contribution >= 0.6 is 24.0 Å². The quantitative estimate of drug-likeness (QED) is 0.847. The summed E-state index contributed by atoms with van der Waals surface area (Å²) in [5, 5.41) is 1.26. The van der Waals surface area contributed by atoms with E-state index >= 15 is 0 Å². The van der Waals surface area contributed by atoms with Crippen molar-refractivity contribution in [3.8, 4) is 0 Å². The largest absolute Gasteiger partial charge is 0.297 e. The molecule has 0 spiro atoms. The van der Waals surface area contributed by atoms with Gasteiger partial charge in [0.15, 0.2) is 0 Å². The molecule has 0 bridgehead atoms. The zero-order valence-electron chi connectivity index (χ0n) is 11.0. The van der Waals surface area contributed by atoms with Crippen LogP contribution in [0.2, 0.25) is 0 Å². The van der Waals surface area contributed by atoms with Gasteiger partial charge in [-0.25, -0.2) is 4.98 Å². The normalized spacial score (nSPS) is 17.9. The van der Waals surface area contributed by atoms with Crippen LogP contribution < -0.4 is 0 Å². The maximum Gasteiger partial charge on any atom is 0.107 e. The summed E-state index contributed by atoms with van der Waals surface area (Å²) in [4.78, 5) is 8.69. The molecule has 2 rings (SSSR count). The summed E-state index contributed by atoms with van der Waals surface area (Å²) in [6.45, 7) is 10.2. The minimum absolute atomic E-state index is 0.137. The van der Waals surface area contributed by atoms with Gasteiger partial charge in [-0.3, -0.25) is 4.90 Å².